The Kier molecular flexibility index (Phi) is 2.29. The molecule has 0 fully saturated rings. The first-order chi connectivity index (χ1) is 6.18. The van der Waals surface area contributed by atoms with Gasteiger partial charge >= 0.3 is 0 Å². The lowest BCUT2D eigenvalue weighted by Crippen LogP contribution is -2.09. The van der Waals surface area contributed by atoms with Gasteiger partial charge in [-0.05, 0) is 42.0 Å². The van der Waals surface area contributed by atoms with Gasteiger partial charge < -0.3 is 0 Å². The highest BCUT2D eigenvalue weighted by Crippen LogP contribution is 2.40. The molecule has 2 rings (SSSR count). The fourth-order valence-corrected chi connectivity index (χ4v) is 2.29. The highest BCUT2D eigenvalue weighted by molar-refractivity contribution is 6.21. The molecule has 1 aromatic rings. The maximum Gasteiger partial charge on any atom is 0.123 e. The quantitative estimate of drug-likeness (QED) is 0.553. The van der Waals surface area contributed by atoms with Crippen molar-refractivity contribution in [2.24, 2.45) is 0 Å². The van der Waals surface area contributed by atoms with E-state index in [1.165, 1.54) is 11.6 Å². The highest BCUT2D eigenvalue weighted by atomic mass is 35.5. The summed E-state index contributed by atoms with van der Waals surface area (Å²) in [5.41, 5.74) is 2.20. The summed E-state index contributed by atoms with van der Waals surface area (Å²) in [6.07, 6.45) is 2.06. The summed E-state index contributed by atoms with van der Waals surface area (Å²) in [6.45, 7) is 2.17. The van der Waals surface area contributed by atoms with Gasteiger partial charge in [-0.15, -0.1) is 11.6 Å². The van der Waals surface area contributed by atoms with Crippen molar-refractivity contribution in [3.63, 3.8) is 0 Å². The van der Waals surface area contributed by atoms with E-state index in [4.69, 9.17) is 11.6 Å². The zero-order valence-corrected chi connectivity index (χ0v) is 8.31. The lowest BCUT2D eigenvalue weighted by atomic mass is 9.84. The SMILES string of the molecule is CC1CCC(Cl)c2cc(F)ccc21. The minimum atomic E-state index is -0.182. The first kappa shape index (κ1) is 9.01. The molecule has 0 saturated carbocycles. The Labute approximate surface area is 82.7 Å². The van der Waals surface area contributed by atoms with Crippen LogP contribution in [0.2, 0.25) is 0 Å². The molecular formula is C11H12ClF. The summed E-state index contributed by atoms with van der Waals surface area (Å²) in [6, 6.07) is 4.96. The number of halogens is 2. The highest BCUT2D eigenvalue weighted by Gasteiger charge is 2.23. The van der Waals surface area contributed by atoms with Crippen LogP contribution in [0.1, 0.15) is 42.2 Å². The van der Waals surface area contributed by atoms with E-state index in [0.717, 1.165) is 18.4 Å². The lowest BCUT2D eigenvalue weighted by Gasteiger charge is -2.25. The average Bonchev–Trinajstić information content (AvgIpc) is 2.12. The van der Waals surface area contributed by atoms with E-state index in [-0.39, 0.29) is 11.2 Å². The number of benzene rings is 1. The zero-order valence-electron chi connectivity index (χ0n) is 7.56. The van der Waals surface area contributed by atoms with Gasteiger partial charge in [0, 0.05) is 0 Å². The second-order valence-corrected chi connectivity index (χ2v) is 4.25. The van der Waals surface area contributed by atoms with Crippen LogP contribution < -0.4 is 0 Å². The van der Waals surface area contributed by atoms with Crippen molar-refractivity contribution in [1.82, 2.24) is 0 Å². The molecule has 1 aromatic carbocycles. The first-order valence-electron chi connectivity index (χ1n) is 4.62. The molecule has 0 nitrogen and oxygen atoms in total. The summed E-state index contributed by atoms with van der Waals surface area (Å²) in [5, 5.41) is 0.00176. The molecule has 0 heterocycles. The summed E-state index contributed by atoms with van der Waals surface area (Å²) >= 11 is 6.12. The first-order valence-corrected chi connectivity index (χ1v) is 5.05. The van der Waals surface area contributed by atoms with Crippen LogP contribution in [0.3, 0.4) is 0 Å². The van der Waals surface area contributed by atoms with Gasteiger partial charge in [-0.3, -0.25) is 0 Å². The molecule has 0 N–H and O–H groups in total. The van der Waals surface area contributed by atoms with E-state index in [9.17, 15) is 4.39 Å². The molecule has 0 radical (unpaired) electrons. The third-order valence-corrected chi connectivity index (χ3v) is 3.22. The van der Waals surface area contributed by atoms with Gasteiger partial charge in [0.1, 0.15) is 5.82 Å². The number of rotatable bonds is 0. The van der Waals surface area contributed by atoms with Crippen LogP contribution >= 0.6 is 11.6 Å². The molecule has 70 valence electrons. The summed E-state index contributed by atoms with van der Waals surface area (Å²) < 4.78 is 12.9. The van der Waals surface area contributed by atoms with E-state index in [1.807, 2.05) is 6.07 Å². The maximum atomic E-state index is 12.9. The van der Waals surface area contributed by atoms with Crippen molar-refractivity contribution in [3.8, 4) is 0 Å². The van der Waals surface area contributed by atoms with E-state index in [1.54, 1.807) is 6.07 Å². The van der Waals surface area contributed by atoms with Crippen molar-refractivity contribution >= 4 is 11.6 Å². The normalized spacial score (nSPS) is 27.0. The predicted octanol–water partition coefficient (Wildman–Crippen LogP) is 4.00. The van der Waals surface area contributed by atoms with Crippen LogP contribution in [0.5, 0.6) is 0 Å². The fourth-order valence-electron chi connectivity index (χ4n) is 1.97. The lowest BCUT2D eigenvalue weighted by molar-refractivity contribution is 0.566. The number of hydrogen-bond acceptors (Lipinski definition) is 0. The molecule has 2 unspecified atom stereocenters. The summed E-state index contributed by atoms with van der Waals surface area (Å²) in [4.78, 5) is 0. The topological polar surface area (TPSA) is 0 Å². The van der Waals surface area contributed by atoms with Gasteiger partial charge in [0.05, 0.1) is 5.38 Å². The molecule has 2 atom stereocenters. The summed E-state index contributed by atoms with van der Waals surface area (Å²) in [7, 11) is 0. The minimum Gasteiger partial charge on any atom is -0.207 e. The molecular weight excluding hydrogens is 187 g/mol. The second kappa shape index (κ2) is 3.30. The van der Waals surface area contributed by atoms with Crippen molar-refractivity contribution in [2.45, 2.75) is 31.1 Å². The third-order valence-electron chi connectivity index (χ3n) is 2.77. The second-order valence-electron chi connectivity index (χ2n) is 3.72. The Balaban J connectivity index is 2.50. The molecule has 0 spiro atoms. The molecule has 1 aliphatic carbocycles. The van der Waals surface area contributed by atoms with E-state index < -0.39 is 0 Å². The number of hydrogen-bond donors (Lipinski definition) is 0. The maximum absolute atomic E-state index is 12.9. The number of fused-ring (bicyclic) bond motifs is 1. The van der Waals surface area contributed by atoms with Gasteiger partial charge in [-0.2, -0.15) is 0 Å². The molecule has 1 aliphatic rings. The third kappa shape index (κ3) is 1.58. The molecule has 0 saturated heterocycles. The van der Waals surface area contributed by atoms with Crippen molar-refractivity contribution < 1.29 is 4.39 Å². The van der Waals surface area contributed by atoms with Gasteiger partial charge in [0.15, 0.2) is 0 Å². The Hall–Kier alpha value is -0.560. The van der Waals surface area contributed by atoms with Crippen molar-refractivity contribution in [3.05, 3.63) is 35.1 Å². The van der Waals surface area contributed by atoms with Crippen LogP contribution in [0.15, 0.2) is 18.2 Å². The Morgan fingerprint density at radius 3 is 2.85 bits per heavy atom. The smallest absolute Gasteiger partial charge is 0.123 e. The van der Waals surface area contributed by atoms with E-state index in [2.05, 4.69) is 6.92 Å². The Morgan fingerprint density at radius 1 is 1.31 bits per heavy atom. The molecule has 2 heteroatoms. The fraction of sp³-hybridized carbons (Fsp3) is 0.455. The van der Waals surface area contributed by atoms with Crippen LogP contribution in [0.4, 0.5) is 4.39 Å². The number of alkyl halides is 1. The average molecular weight is 199 g/mol. The monoisotopic (exact) mass is 198 g/mol. The Bertz CT molecular complexity index is 322. The van der Waals surface area contributed by atoms with Crippen LogP contribution in [0.25, 0.3) is 0 Å². The van der Waals surface area contributed by atoms with Gasteiger partial charge in [-0.1, -0.05) is 13.0 Å². The zero-order chi connectivity index (χ0) is 9.42. The Morgan fingerprint density at radius 2 is 2.08 bits per heavy atom. The standard InChI is InChI=1S/C11H12ClF/c1-7-2-5-11(12)10-6-8(13)3-4-9(7)10/h3-4,6-7,11H,2,5H2,1H3. The van der Waals surface area contributed by atoms with Crippen LogP contribution in [-0.2, 0) is 0 Å². The largest absolute Gasteiger partial charge is 0.207 e. The van der Waals surface area contributed by atoms with E-state index >= 15 is 0 Å². The molecule has 13 heavy (non-hydrogen) atoms. The van der Waals surface area contributed by atoms with Gasteiger partial charge in [-0.25, -0.2) is 4.39 Å². The predicted molar refractivity (Wildman–Crippen MR) is 52.6 cm³/mol. The summed E-state index contributed by atoms with van der Waals surface area (Å²) in [5.74, 6) is 0.337. The van der Waals surface area contributed by atoms with Crippen LogP contribution in [0, 0.1) is 5.82 Å². The van der Waals surface area contributed by atoms with Crippen molar-refractivity contribution in [2.75, 3.05) is 0 Å². The van der Waals surface area contributed by atoms with Crippen LogP contribution in [-0.4, -0.2) is 0 Å². The van der Waals surface area contributed by atoms with Gasteiger partial charge in [0.2, 0.25) is 0 Å². The molecule has 0 bridgehead atoms. The molecule has 0 amide bonds. The van der Waals surface area contributed by atoms with E-state index in [0.29, 0.717) is 5.92 Å². The van der Waals surface area contributed by atoms with Crippen molar-refractivity contribution in [1.29, 1.82) is 0 Å². The molecule has 0 aromatic heterocycles. The minimum absolute atomic E-state index is 0.00176. The van der Waals surface area contributed by atoms with Gasteiger partial charge in [0.25, 0.3) is 0 Å². The molecule has 0 aliphatic heterocycles.